The molecule has 1 saturated heterocycles. The van der Waals surface area contributed by atoms with Gasteiger partial charge in [0, 0.05) is 34.8 Å². The normalized spacial score (nSPS) is 28.5. The number of nitrogens with zero attached hydrogens (tertiary/aromatic N) is 1. The van der Waals surface area contributed by atoms with Crippen molar-refractivity contribution in [2.75, 3.05) is 18.0 Å². The molecule has 0 bridgehead atoms. The van der Waals surface area contributed by atoms with E-state index >= 15 is 0 Å². The van der Waals surface area contributed by atoms with E-state index in [1.165, 1.54) is 5.69 Å². The van der Waals surface area contributed by atoms with Crippen molar-refractivity contribution in [2.45, 2.75) is 38.8 Å². The topological polar surface area (TPSA) is 15.3 Å². The van der Waals surface area contributed by atoms with E-state index in [-0.39, 0.29) is 5.54 Å². The molecule has 18 heavy (non-hydrogen) atoms. The Morgan fingerprint density at radius 1 is 1.56 bits per heavy atom. The van der Waals surface area contributed by atoms with Crippen LogP contribution in [0.25, 0.3) is 0 Å². The van der Waals surface area contributed by atoms with Crippen LogP contribution in [0.3, 0.4) is 0 Å². The van der Waals surface area contributed by atoms with E-state index in [4.69, 9.17) is 11.6 Å². The number of piperazine rings is 1. The number of halogens is 2. The molecule has 1 aromatic rings. The quantitative estimate of drug-likeness (QED) is 0.879. The first-order valence-corrected chi connectivity index (χ1v) is 7.59. The fourth-order valence-corrected chi connectivity index (χ4v) is 2.82. The summed E-state index contributed by atoms with van der Waals surface area (Å²) in [5, 5.41) is 4.40. The van der Waals surface area contributed by atoms with Crippen molar-refractivity contribution in [1.82, 2.24) is 5.32 Å². The first kappa shape index (κ1) is 14.2. The second-order valence-corrected chi connectivity index (χ2v) is 6.63. The van der Waals surface area contributed by atoms with Crippen LogP contribution in [0.2, 0.25) is 5.02 Å². The highest BCUT2D eigenvalue weighted by molar-refractivity contribution is 9.10. The monoisotopic (exact) mass is 330 g/mol. The summed E-state index contributed by atoms with van der Waals surface area (Å²) in [7, 11) is 0. The Hall–Kier alpha value is -0.250. The summed E-state index contributed by atoms with van der Waals surface area (Å²) in [6.07, 6.45) is 1.13. The van der Waals surface area contributed by atoms with Crippen LogP contribution in [-0.4, -0.2) is 24.7 Å². The molecule has 2 atom stereocenters. The summed E-state index contributed by atoms with van der Waals surface area (Å²) in [6.45, 7) is 8.82. The van der Waals surface area contributed by atoms with Crippen LogP contribution in [0.15, 0.2) is 22.7 Å². The van der Waals surface area contributed by atoms with Gasteiger partial charge in [-0.3, -0.25) is 0 Å². The predicted octanol–water partition coefficient (Wildman–Crippen LogP) is 4.07. The SMILES string of the molecule is CCC1(C)CN(c2ccc(Cl)c(Br)c2)C(C)CN1. The van der Waals surface area contributed by atoms with E-state index in [9.17, 15) is 0 Å². The van der Waals surface area contributed by atoms with Crippen LogP contribution in [0.4, 0.5) is 5.69 Å². The fourth-order valence-electron chi connectivity index (χ4n) is 2.34. The lowest BCUT2D eigenvalue weighted by Gasteiger charge is -2.46. The Labute approximate surface area is 123 Å². The fraction of sp³-hybridized carbons (Fsp3) is 0.571. The molecule has 1 heterocycles. The number of rotatable bonds is 2. The van der Waals surface area contributed by atoms with Gasteiger partial charge in [0.1, 0.15) is 0 Å². The van der Waals surface area contributed by atoms with Gasteiger partial charge in [0.15, 0.2) is 0 Å². The Morgan fingerprint density at radius 3 is 2.89 bits per heavy atom. The van der Waals surface area contributed by atoms with E-state index in [2.05, 4.69) is 59.1 Å². The van der Waals surface area contributed by atoms with Crippen LogP contribution < -0.4 is 10.2 Å². The molecule has 100 valence electrons. The molecule has 2 unspecified atom stereocenters. The molecule has 0 radical (unpaired) electrons. The molecule has 1 aliphatic heterocycles. The van der Waals surface area contributed by atoms with Gasteiger partial charge >= 0.3 is 0 Å². The van der Waals surface area contributed by atoms with Crippen molar-refractivity contribution in [3.05, 3.63) is 27.7 Å². The van der Waals surface area contributed by atoms with Gasteiger partial charge in [-0.25, -0.2) is 0 Å². The van der Waals surface area contributed by atoms with Crippen molar-refractivity contribution in [2.24, 2.45) is 0 Å². The molecule has 0 aromatic heterocycles. The molecule has 0 amide bonds. The first-order chi connectivity index (χ1) is 8.45. The number of benzene rings is 1. The highest BCUT2D eigenvalue weighted by atomic mass is 79.9. The Kier molecular flexibility index (Phi) is 4.25. The van der Waals surface area contributed by atoms with Crippen LogP contribution in [-0.2, 0) is 0 Å². The summed E-state index contributed by atoms with van der Waals surface area (Å²) >= 11 is 9.57. The predicted molar refractivity (Wildman–Crippen MR) is 82.7 cm³/mol. The highest BCUT2D eigenvalue weighted by Crippen LogP contribution is 2.31. The van der Waals surface area contributed by atoms with Gasteiger partial charge in [0.25, 0.3) is 0 Å². The van der Waals surface area contributed by atoms with Crippen molar-refractivity contribution < 1.29 is 0 Å². The van der Waals surface area contributed by atoms with E-state index in [0.717, 1.165) is 29.0 Å². The Morgan fingerprint density at radius 2 is 2.28 bits per heavy atom. The number of anilines is 1. The van der Waals surface area contributed by atoms with Crippen LogP contribution in [0.5, 0.6) is 0 Å². The van der Waals surface area contributed by atoms with E-state index in [0.29, 0.717) is 6.04 Å². The lowest BCUT2D eigenvalue weighted by Crippen LogP contribution is -2.62. The van der Waals surface area contributed by atoms with Gasteiger partial charge < -0.3 is 10.2 Å². The third-order valence-electron chi connectivity index (χ3n) is 3.89. The third-order valence-corrected chi connectivity index (χ3v) is 5.10. The molecular weight excluding hydrogens is 312 g/mol. The summed E-state index contributed by atoms with van der Waals surface area (Å²) in [5.74, 6) is 0. The second-order valence-electron chi connectivity index (χ2n) is 5.37. The molecule has 1 aromatic carbocycles. The maximum absolute atomic E-state index is 6.06. The molecular formula is C14H20BrClN2. The molecule has 2 nitrogen and oxygen atoms in total. The average Bonchev–Trinajstić information content (AvgIpc) is 2.36. The molecule has 4 heteroatoms. The van der Waals surface area contributed by atoms with Crippen LogP contribution >= 0.6 is 27.5 Å². The average molecular weight is 332 g/mol. The van der Waals surface area contributed by atoms with Gasteiger partial charge in [0.05, 0.1) is 5.02 Å². The number of nitrogens with one attached hydrogen (secondary N) is 1. The lowest BCUT2D eigenvalue weighted by atomic mass is 9.93. The van der Waals surface area contributed by atoms with E-state index in [1.807, 2.05) is 6.07 Å². The highest BCUT2D eigenvalue weighted by Gasteiger charge is 2.32. The lowest BCUT2D eigenvalue weighted by molar-refractivity contribution is 0.285. The Balaban J connectivity index is 2.27. The van der Waals surface area contributed by atoms with Crippen molar-refractivity contribution in [1.29, 1.82) is 0 Å². The summed E-state index contributed by atoms with van der Waals surface area (Å²) < 4.78 is 0.964. The smallest absolute Gasteiger partial charge is 0.0549 e. The first-order valence-electron chi connectivity index (χ1n) is 6.42. The minimum absolute atomic E-state index is 0.193. The summed E-state index contributed by atoms with van der Waals surface area (Å²) in [6, 6.07) is 6.67. The van der Waals surface area contributed by atoms with Crippen molar-refractivity contribution in [3.8, 4) is 0 Å². The van der Waals surface area contributed by atoms with Gasteiger partial charge in [-0.05, 0) is 54.4 Å². The number of hydrogen-bond donors (Lipinski definition) is 1. The zero-order valence-corrected chi connectivity index (χ0v) is 13.5. The zero-order chi connectivity index (χ0) is 13.3. The molecule has 0 saturated carbocycles. The maximum atomic E-state index is 6.06. The largest absolute Gasteiger partial charge is 0.366 e. The van der Waals surface area contributed by atoms with Crippen LogP contribution in [0, 0.1) is 0 Å². The van der Waals surface area contributed by atoms with Gasteiger partial charge in [-0.15, -0.1) is 0 Å². The van der Waals surface area contributed by atoms with Gasteiger partial charge in [-0.1, -0.05) is 18.5 Å². The third kappa shape index (κ3) is 2.84. The van der Waals surface area contributed by atoms with Crippen LogP contribution in [0.1, 0.15) is 27.2 Å². The van der Waals surface area contributed by atoms with Gasteiger partial charge in [0.2, 0.25) is 0 Å². The standard InChI is InChI=1S/C14H20BrClN2/c1-4-14(3)9-18(10(2)8-17-14)11-5-6-13(16)12(15)7-11/h5-7,10,17H,4,8-9H2,1-3H3. The summed E-state index contributed by atoms with van der Waals surface area (Å²) in [5.41, 5.74) is 1.43. The van der Waals surface area contributed by atoms with Crippen molar-refractivity contribution >= 4 is 33.2 Å². The molecule has 1 fully saturated rings. The molecule has 0 spiro atoms. The molecule has 1 N–H and O–H groups in total. The van der Waals surface area contributed by atoms with Gasteiger partial charge in [-0.2, -0.15) is 0 Å². The minimum Gasteiger partial charge on any atom is -0.366 e. The minimum atomic E-state index is 0.193. The van der Waals surface area contributed by atoms with E-state index in [1.54, 1.807) is 0 Å². The maximum Gasteiger partial charge on any atom is 0.0549 e. The molecule has 0 aliphatic carbocycles. The van der Waals surface area contributed by atoms with Crippen molar-refractivity contribution in [3.63, 3.8) is 0 Å². The molecule has 1 aliphatic rings. The molecule has 2 rings (SSSR count). The summed E-state index contributed by atoms with van der Waals surface area (Å²) in [4.78, 5) is 2.46. The number of hydrogen-bond acceptors (Lipinski definition) is 2. The zero-order valence-electron chi connectivity index (χ0n) is 11.1. The second kappa shape index (κ2) is 5.40. The van der Waals surface area contributed by atoms with E-state index < -0.39 is 0 Å². The Bertz CT molecular complexity index is 438.